The van der Waals surface area contributed by atoms with Gasteiger partial charge in [-0.3, -0.25) is 14.9 Å². The highest BCUT2D eigenvalue weighted by Gasteiger charge is 2.10. The van der Waals surface area contributed by atoms with Gasteiger partial charge in [0.2, 0.25) is 5.91 Å². The van der Waals surface area contributed by atoms with Crippen molar-refractivity contribution >= 4 is 17.3 Å². The minimum atomic E-state index is -0.489. The molecular formula is C12H17N3O4. The number of hydrogen-bond donors (Lipinski definition) is 2. The second kappa shape index (κ2) is 7.20. The van der Waals surface area contributed by atoms with E-state index in [2.05, 4.69) is 10.6 Å². The van der Waals surface area contributed by atoms with Gasteiger partial charge < -0.3 is 15.4 Å². The number of rotatable bonds is 7. The number of anilines is 1. The predicted octanol–water partition coefficient (Wildman–Crippen LogP) is 1.54. The fourth-order valence-corrected chi connectivity index (χ4v) is 1.51. The monoisotopic (exact) mass is 267 g/mol. The number of nitrogens with one attached hydrogen (secondary N) is 2. The van der Waals surface area contributed by atoms with E-state index in [1.807, 2.05) is 6.92 Å². The van der Waals surface area contributed by atoms with Gasteiger partial charge in [0, 0.05) is 37.3 Å². The standard InChI is InChI=1S/C12H17N3O4/c1-3-13-12(16)4-5-14-9-6-10(15(17)18)8-11(7-9)19-2/h6-8,14H,3-5H2,1-2H3,(H,13,16). The number of nitro groups is 1. The summed E-state index contributed by atoms with van der Waals surface area (Å²) in [5.74, 6) is 0.335. The lowest BCUT2D eigenvalue weighted by Gasteiger charge is -2.08. The van der Waals surface area contributed by atoms with Crippen molar-refractivity contribution in [2.45, 2.75) is 13.3 Å². The Balaban J connectivity index is 2.64. The van der Waals surface area contributed by atoms with Crippen molar-refractivity contribution in [2.24, 2.45) is 0 Å². The molecule has 19 heavy (non-hydrogen) atoms. The van der Waals surface area contributed by atoms with Crippen molar-refractivity contribution in [3.63, 3.8) is 0 Å². The molecule has 0 spiro atoms. The molecule has 0 aliphatic heterocycles. The summed E-state index contributed by atoms with van der Waals surface area (Å²) in [4.78, 5) is 21.5. The Hall–Kier alpha value is -2.31. The van der Waals surface area contributed by atoms with Gasteiger partial charge in [-0.15, -0.1) is 0 Å². The van der Waals surface area contributed by atoms with E-state index in [9.17, 15) is 14.9 Å². The molecule has 0 atom stereocenters. The van der Waals surface area contributed by atoms with E-state index in [-0.39, 0.29) is 11.6 Å². The maximum absolute atomic E-state index is 11.2. The first-order chi connectivity index (χ1) is 9.06. The molecule has 0 aliphatic rings. The third kappa shape index (κ3) is 4.82. The Morgan fingerprint density at radius 3 is 2.74 bits per heavy atom. The van der Waals surface area contributed by atoms with Crippen molar-refractivity contribution in [3.05, 3.63) is 28.3 Å². The maximum Gasteiger partial charge on any atom is 0.275 e. The predicted molar refractivity (Wildman–Crippen MR) is 71.4 cm³/mol. The number of carbonyl (C=O) groups excluding carboxylic acids is 1. The highest BCUT2D eigenvalue weighted by atomic mass is 16.6. The molecule has 0 bridgehead atoms. The molecule has 0 aliphatic carbocycles. The maximum atomic E-state index is 11.2. The highest BCUT2D eigenvalue weighted by Crippen LogP contribution is 2.25. The number of carbonyl (C=O) groups is 1. The number of ether oxygens (including phenoxy) is 1. The molecule has 1 aromatic carbocycles. The van der Waals surface area contributed by atoms with Gasteiger partial charge in [0.15, 0.2) is 0 Å². The van der Waals surface area contributed by atoms with Crippen LogP contribution in [0.15, 0.2) is 18.2 Å². The van der Waals surface area contributed by atoms with Gasteiger partial charge in [0.1, 0.15) is 5.75 Å². The fourth-order valence-electron chi connectivity index (χ4n) is 1.51. The van der Waals surface area contributed by atoms with Crippen LogP contribution >= 0.6 is 0 Å². The third-order valence-corrected chi connectivity index (χ3v) is 2.39. The van der Waals surface area contributed by atoms with E-state index in [0.717, 1.165) is 0 Å². The van der Waals surface area contributed by atoms with Crippen LogP contribution in [0, 0.1) is 10.1 Å². The summed E-state index contributed by atoms with van der Waals surface area (Å²) in [7, 11) is 1.44. The van der Waals surface area contributed by atoms with E-state index in [1.165, 1.54) is 19.2 Å². The SMILES string of the molecule is CCNC(=O)CCNc1cc(OC)cc([N+](=O)[O-])c1. The zero-order chi connectivity index (χ0) is 14.3. The van der Waals surface area contributed by atoms with Gasteiger partial charge in [0.05, 0.1) is 18.1 Å². The number of benzene rings is 1. The molecule has 0 fully saturated rings. The van der Waals surface area contributed by atoms with Crippen molar-refractivity contribution in [2.75, 3.05) is 25.5 Å². The molecule has 0 radical (unpaired) electrons. The lowest BCUT2D eigenvalue weighted by Crippen LogP contribution is -2.24. The highest BCUT2D eigenvalue weighted by molar-refractivity contribution is 5.76. The Kier molecular flexibility index (Phi) is 5.59. The van der Waals surface area contributed by atoms with Crippen LogP contribution in [-0.2, 0) is 4.79 Å². The Labute approximate surface area is 111 Å². The summed E-state index contributed by atoms with van der Waals surface area (Å²) in [5.41, 5.74) is 0.496. The number of amides is 1. The van der Waals surface area contributed by atoms with E-state index < -0.39 is 4.92 Å². The number of hydrogen-bond acceptors (Lipinski definition) is 5. The lowest BCUT2D eigenvalue weighted by atomic mass is 10.2. The van der Waals surface area contributed by atoms with Crippen molar-refractivity contribution in [1.29, 1.82) is 0 Å². The Morgan fingerprint density at radius 1 is 1.42 bits per heavy atom. The molecular weight excluding hydrogens is 250 g/mol. The smallest absolute Gasteiger partial charge is 0.275 e. The molecule has 1 aromatic rings. The molecule has 7 heteroatoms. The summed E-state index contributed by atoms with van der Waals surface area (Å²) in [6.45, 7) is 2.83. The largest absolute Gasteiger partial charge is 0.496 e. The zero-order valence-electron chi connectivity index (χ0n) is 10.9. The summed E-state index contributed by atoms with van der Waals surface area (Å²) >= 11 is 0. The molecule has 0 aromatic heterocycles. The van der Waals surface area contributed by atoms with Crippen LogP contribution in [-0.4, -0.2) is 31.0 Å². The van der Waals surface area contributed by atoms with Gasteiger partial charge >= 0.3 is 0 Å². The van der Waals surface area contributed by atoms with Crippen LogP contribution in [0.2, 0.25) is 0 Å². The quantitative estimate of drug-likeness (QED) is 0.577. The normalized spacial score (nSPS) is 9.79. The Morgan fingerprint density at radius 2 is 2.16 bits per heavy atom. The third-order valence-electron chi connectivity index (χ3n) is 2.39. The summed E-state index contributed by atoms with van der Waals surface area (Å²) < 4.78 is 4.99. The average Bonchev–Trinajstić information content (AvgIpc) is 2.38. The molecule has 1 amide bonds. The first kappa shape index (κ1) is 14.7. The molecule has 0 heterocycles. The molecule has 104 valence electrons. The van der Waals surface area contributed by atoms with Crippen LogP contribution in [0.25, 0.3) is 0 Å². The first-order valence-corrected chi connectivity index (χ1v) is 5.91. The van der Waals surface area contributed by atoms with Crippen LogP contribution < -0.4 is 15.4 Å². The van der Waals surface area contributed by atoms with E-state index >= 15 is 0 Å². The number of methoxy groups -OCH3 is 1. The zero-order valence-corrected chi connectivity index (χ0v) is 10.9. The molecule has 7 nitrogen and oxygen atoms in total. The van der Waals surface area contributed by atoms with Crippen LogP contribution in [0.5, 0.6) is 5.75 Å². The molecule has 0 saturated carbocycles. The Bertz CT molecular complexity index is 462. The summed E-state index contributed by atoms with van der Waals surface area (Å²) in [6, 6.07) is 4.39. The van der Waals surface area contributed by atoms with E-state index in [1.54, 1.807) is 6.07 Å². The van der Waals surface area contributed by atoms with Crippen molar-refractivity contribution in [3.8, 4) is 5.75 Å². The van der Waals surface area contributed by atoms with Gasteiger partial charge in [-0.2, -0.15) is 0 Å². The van der Waals surface area contributed by atoms with Gasteiger partial charge in [-0.05, 0) is 6.92 Å². The lowest BCUT2D eigenvalue weighted by molar-refractivity contribution is -0.384. The van der Waals surface area contributed by atoms with Crippen molar-refractivity contribution < 1.29 is 14.5 Å². The van der Waals surface area contributed by atoms with E-state index in [0.29, 0.717) is 30.9 Å². The van der Waals surface area contributed by atoms with Gasteiger partial charge in [-0.25, -0.2) is 0 Å². The number of nitro benzene ring substituents is 1. The minimum Gasteiger partial charge on any atom is -0.496 e. The minimum absolute atomic E-state index is 0.0557. The van der Waals surface area contributed by atoms with Crippen LogP contribution in [0.4, 0.5) is 11.4 Å². The fraction of sp³-hybridized carbons (Fsp3) is 0.417. The van der Waals surface area contributed by atoms with Gasteiger partial charge in [0.25, 0.3) is 5.69 Å². The molecule has 1 rings (SSSR count). The number of non-ortho nitro benzene ring substituents is 1. The first-order valence-electron chi connectivity index (χ1n) is 5.91. The second-order valence-corrected chi connectivity index (χ2v) is 3.81. The second-order valence-electron chi connectivity index (χ2n) is 3.81. The topological polar surface area (TPSA) is 93.5 Å². The van der Waals surface area contributed by atoms with Crippen molar-refractivity contribution in [1.82, 2.24) is 5.32 Å². The molecule has 2 N–H and O–H groups in total. The van der Waals surface area contributed by atoms with Crippen LogP contribution in [0.3, 0.4) is 0 Å². The van der Waals surface area contributed by atoms with Gasteiger partial charge in [-0.1, -0.05) is 0 Å². The average molecular weight is 267 g/mol. The van der Waals surface area contributed by atoms with E-state index in [4.69, 9.17) is 4.74 Å². The molecule has 0 unspecified atom stereocenters. The molecule has 0 saturated heterocycles. The summed E-state index contributed by atoms with van der Waals surface area (Å²) in [6.07, 6.45) is 0.304. The van der Waals surface area contributed by atoms with Crippen LogP contribution in [0.1, 0.15) is 13.3 Å². The summed E-state index contributed by atoms with van der Waals surface area (Å²) in [5, 5.41) is 16.4. The number of nitrogens with zero attached hydrogens (tertiary/aromatic N) is 1.